The second-order valence-electron chi connectivity index (χ2n) is 3.63. The first-order valence-corrected chi connectivity index (χ1v) is 4.74. The maximum atomic E-state index is 9.44. The Morgan fingerprint density at radius 1 is 1.07 bits per heavy atom. The Hall–Kier alpha value is -2.16. The molecule has 0 saturated carbocycles. The predicted molar refractivity (Wildman–Crippen MR) is 61.9 cm³/mol. The third-order valence-electron chi connectivity index (χ3n) is 2.62. The lowest BCUT2D eigenvalue weighted by Crippen LogP contribution is -1.84. The first kappa shape index (κ1) is 8.17. The van der Waals surface area contributed by atoms with Crippen LogP contribution in [0.3, 0.4) is 0 Å². The molecule has 0 aliphatic heterocycles. The second kappa shape index (κ2) is 2.67. The van der Waals surface area contributed by atoms with Crippen LogP contribution >= 0.6 is 0 Å². The minimum atomic E-state index is 0.187. The summed E-state index contributed by atoms with van der Waals surface area (Å²) >= 11 is 0. The van der Waals surface area contributed by atoms with E-state index in [2.05, 4.69) is 4.98 Å². The number of hydrogen-bond acceptors (Lipinski definition) is 2. The Kier molecular flexibility index (Phi) is 1.45. The van der Waals surface area contributed by atoms with E-state index in [4.69, 9.17) is 5.73 Å². The number of aromatic amines is 1. The molecule has 0 aliphatic carbocycles. The van der Waals surface area contributed by atoms with Gasteiger partial charge in [0.05, 0.1) is 5.52 Å². The highest BCUT2D eigenvalue weighted by molar-refractivity contribution is 6.13. The number of H-pyrrole nitrogens is 1. The lowest BCUT2D eigenvalue weighted by atomic mass is 10.1. The number of hydrogen-bond donors (Lipinski definition) is 3. The van der Waals surface area contributed by atoms with E-state index in [1.807, 2.05) is 24.3 Å². The average Bonchev–Trinajstić information content (AvgIpc) is 2.54. The zero-order valence-electron chi connectivity index (χ0n) is 7.99. The summed E-state index contributed by atoms with van der Waals surface area (Å²) in [5.74, 6) is 0.187. The molecule has 3 nitrogen and oxygen atoms in total. The summed E-state index contributed by atoms with van der Waals surface area (Å²) in [7, 11) is 0. The van der Waals surface area contributed by atoms with Crippen LogP contribution in [0.2, 0.25) is 0 Å². The molecule has 0 unspecified atom stereocenters. The van der Waals surface area contributed by atoms with E-state index >= 15 is 0 Å². The summed E-state index contributed by atoms with van der Waals surface area (Å²) in [4.78, 5) is 3.22. The van der Waals surface area contributed by atoms with Crippen molar-refractivity contribution in [3.8, 4) is 5.75 Å². The third kappa shape index (κ3) is 1.06. The number of fused-ring (bicyclic) bond motifs is 3. The standard InChI is InChI=1S/C12H10N2O/c13-9-5-7(15)6-11-12(9)8-3-1-2-4-10(8)14-11/h1-6,14-15H,13H2. The quantitative estimate of drug-likeness (QED) is 0.486. The summed E-state index contributed by atoms with van der Waals surface area (Å²) in [6.07, 6.45) is 0. The summed E-state index contributed by atoms with van der Waals surface area (Å²) in [6.45, 7) is 0. The van der Waals surface area contributed by atoms with E-state index in [1.165, 1.54) is 0 Å². The van der Waals surface area contributed by atoms with E-state index in [0.29, 0.717) is 5.69 Å². The molecule has 0 aliphatic rings. The fraction of sp³-hybridized carbons (Fsp3) is 0. The molecule has 4 N–H and O–H groups in total. The second-order valence-corrected chi connectivity index (χ2v) is 3.63. The fourth-order valence-corrected chi connectivity index (χ4v) is 2.00. The van der Waals surface area contributed by atoms with Crippen LogP contribution < -0.4 is 5.73 Å². The number of aromatic nitrogens is 1. The topological polar surface area (TPSA) is 62.0 Å². The maximum Gasteiger partial charge on any atom is 0.119 e. The van der Waals surface area contributed by atoms with E-state index in [0.717, 1.165) is 21.8 Å². The Labute approximate surface area is 86.1 Å². The van der Waals surface area contributed by atoms with Crippen LogP contribution in [0.1, 0.15) is 0 Å². The number of nitrogens with two attached hydrogens (primary N) is 1. The van der Waals surface area contributed by atoms with Gasteiger partial charge in [-0.3, -0.25) is 0 Å². The summed E-state index contributed by atoms with van der Waals surface area (Å²) < 4.78 is 0. The van der Waals surface area contributed by atoms with Crippen molar-refractivity contribution in [2.45, 2.75) is 0 Å². The summed E-state index contributed by atoms with van der Waals surface area (Å²) in [5, 5.41) is 11.5. The predicted octanol–water partition coefficient (Wildman–Crippen LogP) is 2.61. The van der Waals surface area contributed by atoms with E-state index in [-0.39, 0.29) is 5.75 Å². The molecular formula is C12H10N2O. The van der Waals surface area contributed by atoms with Gasteiger partial charge in [0.2, 0.25) is 0 Å². The molecule has 0 radical (unpaired) electrons. The Morgan fingerprint density at radius 3 is 2.73 bits per heavy atom. The van der Waals surface area contributed by atoms with Crippen LogP contribution in [0.4, 0.5) is 5.69 Å². The molecule has 0 fully saturated rings. The highest BCUT2D eigenvalue weighted by atomic mass is 16.3. The normalized spacial score (nSPS) is 11.2. The molecule has 0 amide bonds. The van der Waals surface area contributed by atoms with Gasteiger partial charge in [-0.2, -0.15) is 0 Å². The van der Waals surface area contributed by atoms with Crippen LogP contribution in [0, 0.1) is 0 Å². The van der Waals surface area contributed by atoms with E-state index in [1.54, 1.807) is 12.1 Å². The molecule has 0 spiro atoms. The maximum absolute atomic E-state index is 9.44. The lowest BCUT2D eigenvalue weighted by Gasteiger charge is -1.98. The molecule has 74 valence electrons. The number of nitrogens with one attached hydrogen (secondary N) is 1. The summed E-state index contributed by atoms with van der Waals surface area (Å²) in [5.41, 5.74) is 8.39. The Bertz CT molecular complexity index is 655. The van der Waals surface area contributed by atoms with Crippen LogP contribution in [0.15, 0.2) is 36.4 Å². The van der Waals surface area contributed by atoms with Crippen molar-refractivity contribution in [1.29, 1.82) is 0 Å². The van der Waals surface area contributed by atoms with Crippen molar-refractivity contribution in [3.63, 3.8) is 0 Å². The minimum Gasteiger partial charge on any atom is -0.508 e. The van der Waals surface area contributed by atoms with Crippen LogP contribution in [0.5, 0.6) is 5.75 Å². The van der Waals surface area contributed by atoms with Gasteiger partial charge >= 0.3 is 0 Å². The van der Waals surface area contributed by atoms with Gasteiger partial charge in [0, 0.05) is 34.1 Å². The van der Waals surface area contributed by atoms with E-state index in [9.17, 15) is 5.11 Å². The largest absolute Gasteiger partial charge is 0.508 e. The number of anilines is 1. The molecule has 3 aromatic rings. The zero-order valence-corrected chi connectivity index (χ0v) is 7.99. The van der Waals surface area contributed by atoms with Gasteiger partial charge in [-0.25, -0.2) is 0 Å². The number of benzene rings is 2. The van der Waals surface area contributed by atoms with Gasteiger partial charge in [-0.1, -0.05) is 18.2 Å². The average molecular weight is 198 g/mol. The number of phenols is 1. The monoisotopic (exact) mass is 198 g/mol. The third-order valence-corrected chi connectivity index (χ3v) is 2.62. The highest BCUT2D eigenvalue weighted by Gasteiger charge is 2.07. The van der Waals surface area contributed by atoms with Crippen molar-refractivity contribution in [3.05, 3.63) is 36.4 Å². The fourth-order valence-electron chi connectivity index (χ4n) is 2.00. The molecule has 1 aromatic heterocycles. The van der Waals surface area contributed by atoms with Crippen LogP contribution in [-0.2, 0) is 0 Å². The van der Waals surface area contributed by atoms with Gasteiger partial charge in [-0.15, -0.1) is 0 Å². The van der Waals surface area contributed by atoms with Gasteiger partial charge in [0.25, 0.3) is 0 Å². The summed E-state index contributed by atoms with van der Waals surface area (Å²) in [6, 6.07) is 11.2. The van der Waals surface area contributed by atoms with Gasteiger partial charge < -0.3 is 15.8 Å². The number of para-hydroxylation sites is 1. The molecular weight excluding hydrogens is 188 g/mol. The minimum absolute atomic E-state index is 0.187. The molecule has 0 bridgehead atoms. The molecule has 3 heteroatoms. The number of aromatic hydroxyl groups is 1. The van der Waals surface area contributed by atoms with Crippen LogP contribution in [-0.4, -0.2) is 10.1 Å². The van der Waals surface area contributed by atoms with Crippen molar-refractivity contribution < 1.29 is 5.11 Å². The highest BCUT2D eigenvalue weighted by Crippen LogP contribution is 2.32. The first-order chi connectivity index (χ1) is 7.25. The van der Waals surface area contributed by atoms with Crippen LogP contribution in [0.25, 0.3) is 21.8 Å². The first-order valence-electron chi connectivity index (χ1n) is 4.74. The number of rotatable bonds is 0. The molecule has 2 aromatic carbocycles. The number of nitrogen functional groups attached to an aromatic ring is 1. The molecule has 3 rings (SSSR count). The van der Waals surface area contributed by atoms with Crippen molar-refractivity contribution in [2.24, 2.45) is 0 Å². The van der Waals surface area contributed by atoms with Crippen molar-refractivity contribution in [2.75, 3.05) is 5.73 Å². The van der Waals surface area contributed by atoms with Crippen molar-refractivity contribution in [1.82, 2.24) is 4.98 Å². The Balaban J connectivity index is 2.61. The van der Waals surface area contributed by atoms with Gasteiger partial charge in [0.1, 0.15) is 5.75 Å². The lowest BCUT2D eigenvalue weighted by molar-refractivity contribution is 0.476. The molecule has 1 heterocycles. The molecule has 0 saturated heterocycles. The SMILES string of the molecule is Nc1cc(O)cc2[nH]c3ccccc3c12. The smallest absolute Gasteiger partial charge is 0.119 e. The molecule has 0 atom stereocenters. The number of phenolic OH excluding ortho intramolecular Hbond substituents is 1. The van der Waals surface area contributed by atoms with E-state index < -0.39 is 0 Å². The zero-order chi connectivity index (χ0) is 10.4. The Morgan fingerprint density at radius 2 is 1.87 bits per heavy atom. The van der Waals surface area contributed by atoms with Crippen molar-refractivity contribution >= 4 is 27.5 Å². The van der Waals surface area contributed by atoms with Gasteiger partial charge in [-0.05, 0) is 6.07 Å². The van der Waals surface area contributed by atoms with Gasteiger partial charge in [0.15, 0.2) is 0 Å². The molecule has 15 heavy (non-hydrogen) atoms.